The van der Waals surface area contributed by atoms with Gasteiger partial charge in [0, 0.05) is 21.7 Å². The number of hydrogen-bond donors (Lipinski definition) is 0. The summed E-state index contributed by atoms with van der Waals surface area (Å²) in [6.45, 7) is -0.424. The van der Waals surface area contributed by atoms with Crippen LogP contribution in [0.4, 0.5) is 0 Å². The molecule has 0 saturated carbocycles. The Morgan fingerprint density at radius 2 is 1.15 bits per heavy atom. The lowest BCUT2D eigenvalue weighted by atomic mass is 9.98. The number of ether oxygens (including phenoxy) is 1. The average molecular weight is 455 g/mol. The number of halogens is 1. The van der Waals surface area contributed by atoms with Gasteiger partial charge in [0.15, 0.2) is 18.2 Å². The van der Waals surface area contributed by atoms with Crippen LogP contribution in [-0.4, -0.2) is 24.1 Å². The standard InChI is InChI=1S/C28H19ClO4/c29-23-16-14-22(15-17-23)27(31)24-8-4-5-9-25(24)28(32)33-18-26(30)21-12-10-20(11-13-21)19-6-2-1-3-7-19/h1-17H,18H2. The number of benzene rings is 4. The Balaban J connectivity index is 1.44. The fourth-order valence-electron chi connectivity index (χ4n) is 3.39. The normalized spacial score (nSPS) is 10.5. The van der Waals surface area contributed by atoms with E-state index < -0.39 is 12.6 Å². The third-order valence-electron chi connectivity index (χ3n) is 5.15. The molecule has 0 aromatic heterocycles. The van der Waals surface area contributed by atoms with Crippen LogP contribution in [0.3, 0.4) is 0 Å². The minimum Gasteiger partial charge on any atom is -0.454 e. The van der Waals surface area contributed by atoms with Crippen molar-refractivity contribution in [2.45, 2.75) is 0 Å². The summed E-state index contributed by atoms with van der Waals surface area (Å²) in [5.41, 5.74) is 3.17. The maximum absolute atomic E-state index is 12.9. The van der Waals surface area contributed by atoms with E-state index in [0.717, 1.165) is 11.1 Å². The molecule has 0 amide bonds. The second kappa shape index (κ2) is 10.1. The van der Waals surface area contributed by atoms with Crippen LogP contribution >= 0.6 is 11.6 Å². The molecule has 4 aromatic carbocycles. The minimum absolute atomic E-state index is 0.102. The number of rotatable bonds is 7. The van der Waals surface area contributed by atoms with Gasteiger partial charge in [0.1, 0.15) is 0 Å². The Kier molecular flexibility index (Phi) is 6.77. The van der Waals surface area contributed by atoms with Crippen LogP contribution in [0.1, 0.15) is 36.6 Å². The van der Waals surface area contributed by atoms with E-state index in [2.05, 4.69) is 0 Å². The van der Waals surface area contributed by atoms with Gasteiger partial charge in [-0.25, -0.2) is 4.79 Å². The van der Waals surface area contributed by atoms with Crippen LogP contribution in [0, 0.1) is 0 Å². The SMILES string of the molecule is O=C(COC(=O)c1ccccc1C(=O)c1ccc(Cl)cc1)c1ccc(-c2ccccc2)cc1. The summed E-state index contributed by atoms with van der Waals surface area (Å²) in [6.07, 6.45) is 0. The monoisotopic (exact) mass is 454 g/mol. The highest BCUT2D eigenvalue weighted by Gasteiger charge is 2.20. The van der Waals surface area contributed by atoms with Crippen molar-refractivity contribution in [3.8, 4) is 11.1 Å². The van der Waals surface area contributed by atoms with E-state index in [4.69, 9.17) is 16.3 Å². The molecule has 0 fully saturated rings. The molecule has 0 aliphatic carbocycles. The van der Waals surface area contributed by atoms with Gasteiger partial charge in [-0.05, 0) is 41.5 Å². The zero-order valence-corrected chi connectivity index (χ0v) is 18.3. The van der Waals surface area contributed by atoms with Crippen molar-refractivity contribution < 1.29 is 19.1 Å². The highest BCUT2D eigenvalue weighted by Crippen LogP contribution is 2.20. The topological polar surface area (TPSA) is 60.4 Å². The molecule has 0 atom stereocenters. The lowest BCUT2D eigenvalue weighted by Crippen LogP contribution is -2.17. The summed E-state index contributed by atoms with van der Waals surface area (Å²) in [4.78, 5) is 38.1. The van der Waals surface area contributed by atoms with Gasteiger partial charge in [-0.1, -0.05) is 84.4 Å². The van der Waals surface area contributed by atoms with E-state index in [1.165, 1.54) is 6.07 Å². The zero-order chi connectivity index (χ0) is 23.2. The molecule has 4 rings (SSSR count). The molecule has 4 aromatic rings. The fraction of sp³-hybridized carbons (Fsp3) is 0.0357. The van der Waals surface area contributed by atoms with E-state index in [1.807, 2.05) is 42.5 Å². The average Bonchev–Trinajstić information content (AvgIpc) is 2.87. The maximum atomic E-state index is 12.9. The van der Waals surface area contributed by atoms with Crippen molar-refractivity contribution in [2.24, 2.45) is 0 Å². The van der Waals surface area contributed by atoms with Gasteiger partial charge in [-0.3, -0.25) is 9.59 Å². The quantitative estimate of drug-likeness (QED) is 0.243. The molecule has 0 radical (unpaired) electrons. The maximum Gasteiger partial charge on any atom is 0.339 e. The highest BCUT2D eigenvalue weighted by atomic mass is 35.5. The molecule has 5 heteroatoms. The number of Topliss-reactive ketones (excluding diaryl/α,β-unsaturated/α-hetero) is 1. The predicted molar refractivity (Wildman–Crippen MR) is 128 cm³/mol. The molecular weight excluding hydrogens is 436 g/mol. The summed E-state index contributed by atoms with van der Waals surface area (Å²) in [5.74, 6) is -1.39. The lowest BCUT2D eigenvalue weighted by molar-refractivity contribution is 0.0473. The van der Waals surface area contributed by atoms with Crippen LogP contribution in [0.2, 0.25) is 5.02 Å². The van der Waals surface area contributed by atoms with Gasteiger partial charge < -0.3 is 4.74 Å². The second-order valence-electron chi connectivity index (χ2n) is 7.32. The van der Waals surface area contributed by atoms with Crippen molar-refractivity contribution in [2.75, 3.05) is 6.61 Å². The van der Waals surface area contributed by atoms with Crippen molar-refractivity contribution in [1.29, 1.82) is 0 Å². The summed E-state index contributed by atoms with van der Waals surface area (Å²) in [6, 6.07) is 29.7. The molecule has 0 aliphatic rings. The Bertz CT molecular complexity index is 1290. The number of carbonyl (C=O) groups is 3. The lowest BCUT2D eigenvalue weighted by Gasteiger charge is -2.09. The predicted octanol–water partition coefficient (Wildman–Crippen LogP) is 6.28. The molecule has 0 N–H and O–H groups in total. The van der Waals surface area contributed by atoms with Gasteiger partial charge in [0.2, 0.25) is 0 Å². The van der Waals surface area contributed by atoms with Crippen molar-refractivity contribution in [1.82, 2.24) is 0 Å². The third-order valence-corrected chi connectivity index (χ3v) is 5.40. The van der Waals surface area contributed by atoms with Crippen molar-refractivity contribution in [3.63, 3.8) is 0 Å². The molecule has 4 nitrogen and oxygen atoms in total. The van der Waals surface area contributed by atoms with Gasteiger partial charge in [0.05, 0.1) is 5.56 Å². The largest absolute Gasteiger partial charge is 0.454 e. The molecule has 0 spiro atoms. The van der Waals surface area contributed by atoms with Crippen LogP contribution in [0.15, 0.2) is 103 Å². The van der Waals surface area contributed by atoms with E-state index in [-0.39, 0.29) is 22.7 Å². The van der Waals surface area contributed by atoms with Crippen molar-refractivity contribution in [3.05, 3.63) is 130 Å². The summed E-state index contributed by atoms with van der Waals surface area (Å²) in [7, 11) is 0. The Labute approximate surface area is 196 Å². The highest BCUT2D eigenvalue weighted by molar-refractivity contribution is 6.30. The first-order valence-electron chi connectivity index (χ1n) is 10.3. The smallest absolute Gasteiger partial charge is 0.339 e. The van der Waals surface area contributed by atoms with E-state index in [1.54, 1.807) is 54.6 Å². The minimum atomic E-state index is -0.734. The Morgan fingerprint density at radius 1 is 0.606 bits per heavy atom. The van der Waals surface area contributed by atoms with Gasteiger partial charge >= 0.3 is 5.97 Å². The number of carbonyl (C=O) groups excluding carboxylic acids is 3. The molecule has 0 aliphatic heterocycles. The molecule has 162 valence electrons. The van der Waals surface area contributed by atoms with Gasteiger partial charge in [0.25, 0.3) is 0 Å². The first-order valence-corrected chi connectivity index (χ1v) is 10.7. The Morgan fingerprint density at radius 3 is 1.82 bits per heavy atom. The first kappa shape index (κ1) is 22.2. The van der Waals surface area contributed by atoms with Crippen LogP contribution in [0.5, 0.6) is 0 Å². The number of ketones is 2. The molecule has 0 bridgehead atoms. The molecular formula is C28H19ClO4. The zero-order valence-electron chi connectivity index (χ0n) is 17.5. The first-order chi connectivity index (χ1) is 16.0. The van der Waals surface area contributed by atoms with E-state index in [0.29, 0.717) is 16.1 Å². The Hall–Kier alpha value is -4.02. The van der Waals surface area contributed by atoms with Crippen LogP contribution < -0.4 is 0 Å². The summed E-state index contributed by atoms with van der Waals surface area (Å²) >= 11 is 5.89. The van der Waals surface area contributed by atoms with E-state index in [9.17, 15) is 14.4 Å². The molecule has 0 heterocycles. The fourth-order valence-corrected chi connectivity index (χ4v) is 3.51. The van der Waals surface area contributed by atoms with Crippen LogP contribution in [0.25, 0.3) is 11.1 Å². The van der Waals surface area contributed by atoms with Crippen LogP contribution in [-0.2, 0) is 4.74 Å². The van der Waals surface area contributed by atoms with Crippen molar-refractivity contribution >= 4 is 29.1 Å². The third kappa shape index (κ3) is 5.25. The summed E-state index contributed by atoms with van der Waals surface area (Å²) < 4.78 is 5.24. The molecule has 0 saturated heterocycles. The second-order valence-corrected chi connectivity index (χ2v) is 7.76. The van der Waals surface area contributed by atoms with Gasteiger partial charge in [-0.2, -0.15) is 0 Å². The molecule has 33 heavy (non-hydrogen) atoms. The molecule has 0 unspecified atom stereocenters. The summed E-state index contributed by atoms with van der Waals surface area (Å²) in [5, 5.41) is 0.509. The number of hydrogen-bond acceptors (Lipinski definition) is 4. The number of esters is 1. The van der Waals surface area contributed by atoms with E-state index >= 15 is 0 Å². The van der Waals surface area contributed by atoms with Gasteiger partial charge in [-0.15, -0.1) is 0 Å².